The van der Waals surface area contributed by atoms with Crippen molar-refractivity contribution >= 4 is 41.7 Å². The summed E-state index contributed by atoms with van der Waals surface area (Å²) in [5, 5.41) is 7.34. The fourth-order valence-electron chi connectivity index (χ4n) is 2.59. The Hall–Kier alpha value is -0.470. The first-order valence-electron chi connectivity index (χ1n) is 8.63. The van der Waals surface area contributed by atoms with Gasteiger partial charge in [-0.15, -0.1) is 35.7 Å². The fourth-order valence-corrected chi connectivity index (χ4v) is 3.54. The summed E-state index contributed by atoms with van der Waals surface area (Å²) < 4.78 is 0. The molecule has 1 aliphatic carbocycles. The van der Waals surface area contributed by atoms with E-state index in [9.17, 15) is 0 Å². The summed E-state index contributed by atoms with van der Waals surface area (Å²) in [4.78, 5) is 8.18. The highest BCUT2D eigenvalue weighted by molar-refractivity contribution is 14.0. The van der Waals surface area contributed by atoms with Crippen LogP contribution in [0.3, 0.4) is 0 Å². The highest BCUT2D eigenvalue weighted by Crippen LogP contribution is 2.25. The van der Waals surface area contributed by atoms with Crippen LogP contribution in [-0.2, 0) is 0 Å². The third-order valence-corrected chi connectivity index (χ3v) is 5.14. The van der Waals surface area contributed by atoms with Gasteiger partial charge in [-0.2, -0.15) is 0 Å². The van der Waals surface area contributed by atoms with Gasteiger partial charge in [0.15, 0.2) is 5.96 Å². The second-order valence-corrected chi connectivity index (χ2v) is 7.49. The van der Waals surface area contributed by atoms with Crippen LogP contribution in [0.5, 0.6) is 0 Å². The maximum atomic E-state index is 4.32. The molecule has 1 atom stereocenters. The molecule has 0 aromatic heterocycles. The average molecular weight is 462 g/mol. The summed E-state index contributed by atoms with van der Waals surface area (Å²) in [7, 11) is 1.84. The van der Waals surface area contributed by atoms with Crippen molar-refractivity contribution in [3.05, 3.63) is 30.3 Å². The molecule has 136 valence electrons. The molecular formula is C18H31IN4S. The largest absolute Gasteiger partial charge is 0.355 e. The van der Waals surface area contributed by atoms with Crippen molar-refractivity contribution in [2.24, 2.45) is 4.99 Å². The minimum atomic E-state index is 0. The van der Waals surface area contributed by atoms with Crippen molar-refractivity contribution in [3.63, 3.8) is 0 Å². The number of nitrogens with one attached hydrogen (secondary N) is 2. The average Bonchev–Trinajstić information content (AvgIpc) is 3.40. The topological polar surface area (TPSA) is 39.7 Å². The molecule has 6 heteroatoms. The van der Waals surface area contributed by atoms with Gasteiger partial charge in [0.25, 0.3) is 0 Å². The van der Waals surface area contributed by atoms with E-state index in [1.54, 1.807) is 0 Å². The fraction of sp³-hybridized carbons (Fsp3) is 0.611. The number of hydrogen-bond donors (Lipinski definition) is 2. The van der Waals surface area contributed by atoms with E-state index in [0.717, 1.165) is 38.2 Å². The van der Waals surface area contributed by atoms with Crippen LogP contribution in [0.25, 0.3) is 0 Å². The quantitative estimate of drug-likeness (QED) is 0.255. The summed E-state index contributed by atoms with van der Waals surface area (Å²) in [6, 6.07) is 11.4. The number of aliphatic imine (C=N–C) groups is 1. The molecule has 2 N–H and O–H groups in total. The Bertz CT molecular complexity index is 479. The zero-order chi connectivity index (χ0) is 16.5. The molecule has 1 fully saturated rings. The zero-order valence-corrected chi connectivity index (χ0v) is 18.1. The van der Waals surface area contributed by atoms with Crippen molar-refractivity contribution in [2.45, 2.75) is 42.9 Å². The predicted molar refractivity (Wildman–Crippen MR) is 117 cm³/mol. The normalized spacial score (nSPS) is 15.8. The van der Waals surface area contributed by atoms with Gasteiger partial charge in [0, 0.05) is 42.9 Å². The molecule has 1 unspecified atom stereocenters. The first-order valence-corrected chi connectivity index (χ1v) is 9.51. The standard InChI is InChI=1S/C18H30N4S.HI/c1-4-22(16-10-11-16)13-12-20-18(19-3)21-14-15(2)23-17-8-6-5-7-9-17;/h5-9,15-16H,4,10-14H2,1-3H3,(H2,19,20,21);1H. The van der Waals surface area contributed by atoms with E-state index in [2.05, 4.69) is 64.7 Å². The van der Waals surface area contributed by atoms with Crippen molar-refractivity contribution < 1.29 is 0 Å². The van der Waals surface area contributed by atoms with E-state index in [0.29, 0.717) is 5.25 Å². The Morgan fingerprint density at radius 3 is 2.58 bits per heavy atom. The molecule has 1 aromatic rings. The SMILES string of the molecule is CCN(CCNC(=NC)NCC(C)Sc1ccccc1)C1CC1.I. The monoisotopic (exact) mass is 462 g/mol. The smallest absolute Gasteiger partial charge is 0.191 e. The van der Waals surface area contributed by atoms with Gasteiger partial charge >= 0.3 is 0 Å². The first-order chi connectivity index (χ1) is 11.2. The highest BCUT2D eigenvalue weighted by Gasteiger charge is 2.27. The Morgan fingerprint density at radius 1 is 1.29 bits per heavy atom. The summed E-state index contributed by atoms with van der Waals surface area (Å²) >= 11 is 1.89. The van der Waals surface area contributed by atoms with Gasteiger partial charge in [-0.3, -0.25) is 9.89 Å². The molecule has 1 aliphatic rings. The number of guanidine groups is 1. The number of likely N-dealkylation sites (N-methyl/N-ethyl adjacent to an activating group) is 1. The first kappa shape index (κ1) is 21.6. The van der Waals surface area contributed by atoms with E-state index < -0.39 is 0 Å². The van der Waals surface area contributed by atoms with Gasteiger partial charge in [-0.25, -0.2) is 0 Å². The number of halogens is 1. The third kappa shape index (κ3) is 8.07. The van der Waals surface area contributed by atoms with E-state index >= 15 is 0 Å². The Balaban J connectivity index is 0.00000288. The Morgan fingerprint density at radius 2 is 2.00 bits per heavy atom. The van der Waals surface area contributed by atoms with Gasteiger partial charge in [0.1, 0.15) is 0 Å². The molecule has 2 rings (SSSR count). The van der Waals surface area contributed by atoms with Crippen LogP contribution in [0.4, 0.5) is 0 Å². The van der Waals surface area contributed by atoms with E-state index in [1.165, 1.54) is 17.7 Å². The number of rotatable bonds is 9. The lowest BCUT2D eigenvalue weighted by Crippen LogP contribution is -2.43. The van der Waals surface area contributed by atoms with Gasteiger partial charge in [0.2, 0.25) is 0 Å². The molecule has 1 saturated carbocycles. The molecule has 0 saturated heterocycles. The maximum absolute atomic E-state index is 4.32. The minimum Gasteiger partial charge on any atom is -0.355 e. The van der Waals surface area contributed by atoms with Gasteiger partial charge in [0.05, 0.1) is 0 Å². The van der Waals surface area contributed by atoms with Gasteiger partial charge in [-0.05, 0) is 31.5 Å². The molecule has 0 amide bonds. The lowest BCUT2D eigenvalue weighted by Gasteiger charge is -2.21. The highest BCUT2D eigenvalue weighted by atomic mass is 127. The van der Waals surface area contributed by atoms with Crippen LogP contribution in [0.1, 0.15) is 26.7 Å². The van der Waals surface area contributed by atoms with Crippen LogP contribution < -0.4 is 10.6 Å². The molecule has 0 radical (unpaired) electrons. The molecule has 4 nitrogen and oxygen atoms in total. The zero-order valence-electron chi connectivity index (χ0n) is 15.0. The van der Waals surface area contributed by atoms with Crippen molar-refractivity contribution in [2.75, 3.05) is 33.2 Å². The lowest BCUT2D eigenvalue weighted by molar-refractivity contribution is 0.282. The van der Waals surface area contributed by atoms with Crippen LogP contribution >= 0.6 is 35.7 Å². The maximum Gasteiger partial charge on any atom is 0.191 e. The summed E-state index contributed by atoms with van der Waals surface area (Å²) in [5.74, 6) is 0.900. The molecule has 24 heavy (non-hydrogen) atoms. The Labute approximate surface area is 168 Å². The molecule has 0 heterocycles. The van der Waals surface area contributed by atoms with Crippen LogP contribution in [-0.4, -0.2) is 55.4 Å². The summed E-state index contributed by atoms with van der Waals surface area (Å²) in [5.41, 5.74) is 0. The molecule has 0 aliphatic heterocycles. The third-order valence-electron chi connectivity index (χ3n) is 4.02. The second-order valence-electron chi connectivity index (χ2n) is 5.98. The van der Waals surface area contributed by atoms with E-state index in [1.807, 2.05) is 18.8 Å². The second kappa shape index (κ2) is 12.0. The molecule has 0 spiro atoms. The molecular weight excluding hydrogens is 431 g/mol. The lowest BCUT2D eigenvalue weighted by atomic mass is 10.4. The van der Waals surface area contributed by atoms with Crippen molar-refractivity contribution in [3.8, 4) is 0 Å². The number of nitrogens with zero attached hydrogens (tertiary/aromatic N) is 2. The summed E-state index contributed by atoms with van der Waals surface area (Å²) in [6.07, 6.45) is 2.74. The molecule has 1 aromatic carbocycles. The van der Waals surface area contributed by atoms with Gasteiger partial charge < -0.3 is 10.6 Å². The predicted octanol–water partition coefficient (Wildman–Crippen LogP) is 3.43. The number of benzene rings is 1. The summed E-state index contributed by atoms with van der Waals surface area (Å²) in [6.45, 7) is 8.57. The minimum absolute atomic E-state index is 0. The van der Waals surface area contributed by atoms with Crippen LogP contribution in [0, 0.1) is 0 Å². The number of thioether (sulfide) groups is 1. The van der Waals surface area contributed by atoms with Crippen LogP contribution in [0.2, 0.25) is 0 Å². The Kier molecular flexibility index (Phi) is 10.8. The van der Waals surface area contributed by atoms with Gasteiger partial charge in [-0.1, -0.05) is 32.0 Å². The number of hydrogen-bond acceptors (Lipinski definition) is 3. The van der Waals surface area contributed by atoms with Crippen molar-refractivity contribution in [1.29, 1.82) is 0 Å². The molecule has 0 bridgehead atoms. The van der Waals surface area contributed by atoms with E-state index in [4.69, 9.17) is 0 Å². The van der Waals surface area contributed by atoms with E-state index in [-0.39, 0.29) is 24.0 Å². The van der Waals surface area contributed by atoms with Crippen molar-refractivity contribution in [1.82, 2.24) is 15.5 Å². The van der Waals surface area contributed by atoms with Crippen LogP contribution in [0.15, 0.2) is 40.2 Å².